The molecule has 1 N–H and O–H groups in total. The summed E-state index contributed by atoms with van der Waals surface area (Å²) in [4.78, 5) is 0. The molecule has 0 radical (unpaired) electrons. The summed E-state index contributed by atoms with van der Waals surface area (Å²) < 4.78 is 11.0. The number of rotatable bonds is 6. The predicted octanol–water partition coefficient (Wildman–Crippen LogP) is 2.64. The first-order valence-corrected chi connectivity index (χ1v) is 7.22. The maximum Gasteiger partial charge on any atom is 0.119 e. The molecular formula is C16H25NO2. The van der Waals surface area contributed by atoms with E-state index in [1.54, 1.807) is 7.11 Å². The molecule has 1 saturated heterocycles. The van der Waals surface area contributed by atoms with Gasteiger partial charge in [-0.3, -0.25) is 0 Å². The van der Waals surface area contributed by atoms with Crippen molar-refractivity contribution >= 4 is 0 Å². The molecule has 3 nitrogen and oxygen atoms in total. The third-order valence-corrected chi connectivity index (χ3v) is 4.01. The molecule has 0 saturated carbocycles. The smallest absolute Gasteiger partial charge is 0.119 e. The van der Waals surface area contributed by atoms with Gasteiger partial charge in [0.1, 0.15) is 5.75 Å². The highest BCUT2D eigenvalue weighted by molar-refractivity contribution is 5.29. The molecule has 0 amide bonds. The topological polar surface area (TPSA) is 30.5 Å². The molecule has 3 unspecified atom stereocenters. The lowest BCUT2D eigenvalue weighted by Crippen LogP contribution is -2.40. The van der Waals surface area contributed by atoms with E-state index >= 15 is 0 Å². The molecule has 3 atom stereocenters. The molecule has 1 fully saturated rings. The molecule has 0 spiro atoms. The maximum absolute atomic E-state index is 5.71. The van der Waals surface area contributed by atoms with Crippen molar-refractivity contribution in [3.63, 3.8) is 0 Å². The van der Waals surface area contributed by atoms with Gasteiger partial charge in [0.25, 0.3) is 0 Å². The van der Waals surface area contributed by atoms with Crippen LogP contribution in [0.15, 0.2) is 24.3 Å². The van der Waals surface area contributed by atoms with Crippen LogP contribution >= 0.6 is 0 Å². The van der Waals surface area contributed by atoms with Crippen LogP contribution in [0.4, 0.5) is 0 Å². The zero-order valence-corrected chi connectivity index (χ0v) is 12.2. The summed E-state index contributed by atoms with van der Waals surface area (Å²) in [5.74, 6) is 1.54. The Labute approximate surface area is 116 Å². The van der Waals surface area contributed by atoms with Crippen molar-refractivity contribution in [1.29, 1.82) is 0 Å². The van der Waals surface area contributed by atoms with E-state index in [4.69, 9.17) is 9.47 Å². The Morgan fingerprint density at radius 3 is 2.95 bits per heavy atom. The summed E-state index contributed by atoms with van der Waals surface area (Å²) in [5.41, 5.74) is 1.32. The third-order valence-electron chi connectivity index (χ3n) is 4.01. The molecule has 0 aliphatic carbocycles. The van der Waals surface area contributed by atoms with Crippen LogP contribution in [0.3, 0.4) is 0 Å². The summed E-state index contributed by atoms with van der Waals surface area (Å²) in [6, 6.07) is 8.84. The van der Waals surface area contributed by atoms with Gasteiger partial charge in [0.2, 0.25) is 0 Å². The first-order valence-electron chi connectivity index (χ1n) is 7.22. The molecule has 0 aromatic heterocycles. The van der Waals surface area contributed by atoms with Gasteiger partial charge in [-0.05, 0) is 44.0 Å². The van der Waals surface area contributed by atoms with E-state index in [9.17, 15) is 0 Å². The van der Waals surface area contributed by atoms with Crippen LogP contribution in [0.1, 0.15) is 25.8 Å². The van der Waals surface area contributed by atoms with Crippen molar-refractivity contribution in [2.45, 2.75) is 38.8 Å². The molecule has 0 bridgehead atoms. The average Bonchev–Trinajstić information content (AvgIpc) is 2.85. The second kappa shape index (κ2) is 6.92. The number of hydrogen-bond donors (Lipinski definition) is 1. The van der Waals surface area contributed by atoms with E-state index < -0.39 is 0 Å². The lowest BCUT2D eigenvalue weighted by atomic mass is 9.89. The van der Waals surface area contributed by atoms with E-state index in [1.165, 1.54) is 5.56 Å². The van der Waals surface area contributed by atoms with Crippen LogP contribution in [-0.2, 0) is 11.2 Å². The zero-order valence-electron chi connectivity index (χ0n) is 12.2. The van der Waals surface area contributed by atoms with Crippen LogP contribution < -0.4 is 10.1 Å². The predicted molar refractivity (Wildman–Crippen MR) is 77.7 cm³/mol. The summed E-state index contributed by atoms with van der Waals surface area (Å²) in [6.45, 7) is 6.25. The molecule has 2 rings (SSSR count). The highest BCUT2D eigenvalue weighted by Gasteiger charge is 2.31. The van der Waals surface area contributed by atoms with Crippen LogP contribution in [0.25, 0.3) is 0 Å². The molecule has 1 aliphatic rings. The van der Waals surface area contributed by atoms with Gasteiger partial charge in [-0.1, -0.05) is 19.1 Å². The van der Waals surface area contributed by atoms with Crippen molar-refractivity contribution in [2.24, 2.45) is 5.92 Å². The minimum Gasteiger partial charge on any atom is -0.497 e. The van der Waals surface area contributed by atoms with E-state index in [0.29, 0.717) is 18.1 Å². The minimum absolute atomic E-state index is 0.356. The lowest BCUT2D eigenvalue weighted by Gasteiger charge is -2.26. The fourth-order valence-electron chi connectivity index (χ4n) is 2.97. The molecule has 19 heavy (non-hydrogen) atoms. The van der Waals surface area contributed by atoms with Gasteiger partial charge in [-0.25, -0.2) is 0 Å². The minimum atomic E-state index is 0.356. The Morgan fingerprint density at radius 2 is 2.32 bits per heavy atom. The first kappa shape index (κ1) is 14.4. The Hall–Kier alpha value is -1.06. The third kappa shape index (κ3) is 3.71. The zero-order chi connectivity index (χ0) is 13.7. The van der Waals surface area contributed by atoms with Crippen molar-refractivity contribution in [3.05, 3.63) is 29.8 Å². The molecule has 106 valence electrons. The van der Waals surface area contributed by atoms with Gasteiger partial charge in [-0.15, -0.1) is 0 Å². The van der Waals surface area contributed by atoms with E-state index in [2.05, 4.69) is 37.4 Å². The molecular weight excluding hydrogens is 238 g/mol. The number of methoxy groups -OCH3 is 1. The van der Waals surface area contributed by atoms with Crippen LogP contribution in [0.5, 0.6) is 5.75 Å². The second-order valence-corrected chi connectivity index (χ2v) is 5.25. The highest BCUT2D eigenvalue weighted by atomic mass is 16.5. The number of likely N-dealkylation sites (N-methyl/N-ethyl adjacent to an activating group) is 1. The SMILES string of the molecule is CCNC(Cc1cccc(OC)c1)C1CCOC1C. The maximum atomic E-state index is 5.71. The van der Waals surface area contributed by atoms with Gasteiger partial charge < -0.3 is 14.8 Å². The molecule has 1 aromatic carbocycles. The van der Waals surface area contributed by atoms with Crippen molar-refractivity contribution < 1.29 is 9.47 Å². The standard InChI is InChI=1S/C16H25NO2/c1-4-17-16(15-8-9-19-12(15)2)11-13-6-5-7-14(10-13)18-3/h5-7,10,12,15-17H,4,8-9,11H2,1-3H3. The van der Waals surface area contributed by atoms with Crippen LogP contribution in [0.2, 0.25) is 0 Å². The van der Waals surface area contributed by atoms with E-state index in [0.717, 1.165) is 31.7 Å². The highest BCUT2D eigenvalue weighted by Crippen LogP contribution is 2.26. The molecule has 1 aliphatic heterocycles. The number of benzene rings is 1. The van der Waals surface area contributed by atoms with Gasteiger partial charge in [0.05, 0.1) is 13.2 Å². The fraction of sp³-hybridized carbons (Fsp3) is 0.625. The summed E-state index contributed by atoms with van der Waals surface area (Å²) in [7, 11) is 1.72. The quantitative estimate of drug-likeness (QED) is 0.856. The van der Waals surface area contributed by atoms with Gasteiger partial charge in [0, 0.05) is 18.6 Å². The number of ether oxygens (including phenoxy) is 2. The first-order chi connectivity index (χ1) is 9.24. The Kier molecular flexibility index (Phi) is 5.23. The Morgan fingerprint density at radius 1 is 1.47 bits per heavy atom. The van der Waals surface area contributed by atoms with Gasteiger partial charge >= 0.3 is 0 Å². The largest absolute Gasteiger partial charge is 0.497 e. The average molecular weight is 263 g/mol. The van der Waals surface area contributed by atoms with Crippen molar-refractivity contribution in [3.8, 4) is 5.75 Å². The van der Waals surface area contributed by atoms with E-state index in [1.807, 2.05) is 6.07 Å². The number of hydrogen-bond acceptors (Lipinski definition) is 3. The number of nitrogens with one attached hydrogen (secondary N) is 1. The summed E-state index contributed by atoms with van der Waals surface area (Å²) in [6.07, 6.45) is 2.54. The van der Waals surface area contributed by atoms with Crippen LogP contribution in [-0.4, -0.2) is 32.4 Å². The van der Waals surface area contributed by atoms with Crippen molar-refractivity contribution in [1.82, 2.24) is 5.32 Å². The lowest BCUT2D eigenvalue weighted by molar-refractivity contribution is 0.0956. The monoisotopic (exact) mass is 263 g/mol. The normalized spacial score (nSPS) is 24.4. The summed E-state index contributed by atoms with van der Waals surface area (Å²) in [5, 5.41) is 3.62. The molecule has 1 aromatic rings. The molecule has 3 heteroatoms. The van der Waals surface area contributed by atoms with Crippen LogP contribution in [0, 0.1) is 5.92 Å². The summed E-state index contributed by atoms with van der Waals surface area (Å²) >= 11 is 0. The van der Waals surface area contributed by atoms with Gasteiger partial charge in [-0.2, -0.15) is 0 Å². The Bertz CT molecular complexity index is 394. The molecule has 1 heterocycles. The Balaban J connectivity index is 2.06. The fourth-order valence-corrected chi connectivity index (χ4v) is 2.97. The van der Waals surface area contributed by atoms with Crippen molar-refractivity contribution in [2.75, 3.05) is 20.3 Å². The van der Waals surface area contributed by atoms with Gasteiger partial charge in [0.15, 0.2) is 0 Å². The second-order valence-electron chi connectivity index (χ2n) is 5.25. The van der Waals surface area contributed by atoms with E-state index in [-0.39, 0.29) is 0 Å².